The molecule has 0 amide bonds. The quantitative estimate of drug-likeness (QED) is 0.647. The Labute approximate surface area is 114 Å². The monoisotopic (exact) mass is 276 g/mol. The van der Waals surface area contributed by atoms with E-state index in [1.165, 1.54) is 36.4 Å². The maximum atomic E-state index is 12.8. The van der Waals surface area contributed by atoms with Crippen molar-refractivity contribution in [3.05, 3.63) is 52.3 Å². The summed E-state index contributed by atoms with van der Waals surface area (Å²) in [5.74, 6) is 0.379. The number of pyridine rings is 1. The van der Waals surface area contributed by atoms with E-state index in [1.807, 2.05) is 6.92 Å². The molecule has 1 aromatic heterocycles. The molecule has 0 aliphatic heterocycles. The fourth-order valence-electron chi connectivity index (χ4n) is 1.64. The first-order valence-corrected chi connectivity index (χ1v) is 6.01. The molecule has 0 unspecified atom stereocenters. The fraction of sp³-hybridized carbons (Fsp3) is 0.154. The van der Waals surface area contributed by atoms with E-state index in [-0.39, 0.29) is 11.5 Å². The smallest absolute Gasteiger partial charge is 0.276 e. The number of nitrogens with one attached hydrogen (secondary N) is 2. The summed E-state index contributed by atoms with van der Waals surface area (Å²) in [6.07, 6.45) is 0. The molecule has 2 rings (SSSR count). The summed E-state index contributed by atoms with van der Waals surface area (Å²) in [5, 5.41) is 16.7. The number of nitrogens with zero attached hydrogens (tertiary/aromatic N) is 2. The number of rotatable bonds is 5. The van der Waals surface area contributed by atoms with Gasteiger partial charge in [-0.05, 0) is 31.2 Å². The maximum Gasteiger partial charge on any atom is 0.276 e. The van der Waals surface area contributed by atoms with Gasteiger partial charge in [0.1, 0.15) is 17.5 Å². The fourth-order valence-corrected chi connectivity index (χ4v) is 1.64. The molecule has 0 bridgehead atoms. The largest absolute Gasteiger partial charge is 0.370 e. The minimum Gasteiger partial charge on any atom is -0.370 e. The second-order valence-corrected chi connectivity index (χ2v) is 4.02. The van der Waals surface area contributed by atoms with Crippen molar-refractivity contribution in [2.45, 2.75) is 6.92 Å². The molecule has 104 valence electrons. The van der Waals surface area contributed by atoms with Crippen molar-refractivity contribution in [2.75, 3.05) is 17.2 Å². The van der Waals surface area contributed by atoms with Gasteiger partial charge >= 0.3 is 0 Å². The van der Waals surface area contributed by atoms with Gasteiger partial charge in [-0.2, -0.15) is 0 Å². The Morgan fingerprint density at radius 3 is 2.50 bits per heavy atom. The summed E-state index contributed by atoms with van der Waals surface area (Å²) >= 11 is 0. The number of benzene rings is 1. The van der Waals surface area contributed by atoms with Gasteiger partial charge in [0, 0.05) is 12.2 Å². The van der Waals surface area contributed by atoms with Crippen molar-refractivity contribution >= 4 is 23.0 Å². The predicted octanol–water partition coefficient (Wildman–Crippen LogP) is 3.30. The molecule has 0 spiro atoms. The summed E-state index contributed by atoms with van der Waals surface area (Å²) < 4.78 is 12.8. The Morgan fingerprint density at radius 1 is 1.25 bits per heavy atom. The Kier molecular flexibility index (Phi) is 4.09. The highest BCUT2D eigenvalue weighted by Crippen LogP contribution is 2.23. The standard InChI is InChI=1S/C13H13FN4O2/c1-2-15-12-7-11(18(19)20)8-13(17-12)16-10-5-3-9(14)4-6-10/h3-8H,2H2,1H3,(H2,15,16,17). The molecule has 2 aromatic rings. The summed E-state index contributed by atoms with van der Waals surface area (Å²) in [6, 6.07) is 8.34. The van der Waals surface area contributed by atoms with E-state index >= 15 is 0 Å². The second-order valence-electron chi connectivity index (χ2n) is 4.02. The van der Waals surface area contributed by atoms with Crippen LogP contribution in [0.4, 0.5) is 27.4 Å². The van der Waals surface area contributed by atoms with Crippen LogP contribution in [0.2, 0.25) is 0 Å². The molecule has 1 aromatic carbocycles. The van der Waals surface area contributed by atoms with Crippen LogP contribution < -0.4 is 10.6 Å². The number of nitro groups is 1. The third-order valence-electron chi connectivity index (χ3n) is 2.50. The van der Waals surface area contributed by atoms with Gasteiger partial charge in [-0.1, -0.05) is 0 Å². The molecule has 1 heterocycles. The zero-order chi connectivity index (χ0) is 14.5. The van der Waals surface area contributed by atoms with Gasteiger partial charge < -0.3 is 10.6 Å². The summed E-state index contributed by atoms with van der Waals surface area (Å²) in [6.45, 7) is 2.47. The van der Waals surface area contributed by atoms with Gasteiger partial charge in [0.15, 0.2) is 0 Å². The van der Waals surface area contributed by atoms with E-state index in [4.69, 9.17) is 0 Å². The van der Waals surface area contributed by atoms with Crippen LogP contribution in [0, 0.1) is 15.9 Å². The van der Waals surface area contributed by atoms with Crippen LogP contribution in [0.3, 0.4) is 0 Å². The van der Waals surface area contributed by atoms with Gasteiger partial charge in [0.05, 0.1) is 17.1 Å². The molecule has 0 saturated heterocycles. The Bertz CT molecular complexity index is 616. The Morgan fingerprint density at radius 2 is 1.90 bits per heavy atom. The lowest BCUT2D eigenvalue weighted by Gasteiger charge is -2.08. The molecule has 0 radical (unpaired) electrons. The molecule has 20 heavy (non-hydrogen) atoms. The summed E-state index contributed by atoms with van der Waals surface area (Å²) in [5.41, 5.74) is 0.530. The zero-order valence-electron chi connectivity index (χ0n) is 10.8. The molecular formula is C13H13FN4O2. The van der Waals surface area contributed by atoms with Crippen molar-refractivity contribution in [3.63, 3.8) is 0 Å². The van der Waals surface area contributed by atoms with Gasteiger partial charge in [-0.25, -0.2) is 9.37 Å². The molecule has 0 atom stereocenters. The lowest BCUT2D eigenvalue weighted by atomic mass is 10.3. The van der Waals surface area contributed by atoms with E-state index in [0.29, 0.717) is 23.9 Å². The van der Waals surface area contributed by atoms with Crippen LogP contribution in [0.5, 0.6) is 0 Å². The first-order valence-electron chi connectivity index (χ1n) is 6.01. The predicted molar refractivity (Wildman–Crippen MR) is 74.7 cm³/mol. The number of hydrogen-bond acceptors (Lipinski definition) is 5. The normalized spacial score (nSPS) is 10.1. The molecule has 6 nitrogen and oxygen atoms in total. The molecule has 2 N–H and O–H groups in total. The van der Waals surface area contributed by atoms with Crippen molar-refractivity contribution in [1.29, 1.82) is 0 Å². The first kappa shape index (κ1) is 13.7. The molecule has 7 heteroatoms. The third kappa shape index (κ3) is 3.41. The lowest BCUT2D eigenvalue weighted by Crippen LogP contribution is -2.03. The topological polar surface area (TPSA) is 80.1 Å². The van der Waals surface area contributed by atoms with E-state index < -0.39 is 4.92 Å². The third-order valence-corrected chi connectivity index (χ3v) is 2.50. The summed E-state index contributed by atoms with van der Waals surface area (Å²) in [7, 11) is 0. The van der Waals surface area contributed by atoms with Crippen LogP contribution in [-0.4, -0.2) is 16.5 Å². The molecule has 0 fully saturated rings. The number of hydrogen-bond donors (Lipinski definition) is 2. The van der Waals surface area contributed by atoms with Crippen molar-refractivity contribution in [3.8, 4) is 0 Å². The van der Waals surface area contributed by atoms with Crippen LogP contribution in [0.25, 0.3) is 0 Å². The van der Waals surface area contributed by atoms with Crippen molar-refractivity contribution in [2.24, 2.45) is 0 Å². The first-order chi connectivity index (χ1) is 9.58. The van der Waals surface area contributed by atoms with E-state index in [2.05, 4.69) is 15.6 Å². The molecule has 0 saturated carbocycles. The second kappa shape index (κ2) is 5.96. The van der Waals surface area contributed by atoms with E-state index in [9.17, 15) is 14.5 Å². The van der Waals surface area contributed by atoms with E-state index in [1.54, 1.807) is 0 Å². The van der Waals surface area contributed by atoms with Crippen LogP contribution >= 0.6 is 0 Å². The Balaban J connectivity index is 2.29. The van der Waals surface area contributed by atoms with Crippen LogP contribution in [0.1, 0.15) is 6.92 Å². The average molecular weight is 276 g/mol. The molecular weight excluding hydrogens is 263 g/mol. The van der Waals surface area contributed by atoms with Crippen LogP contribution in [0.15, 0.2) is 36.4 Å². The number of anilines is 3. The molecule has 0 aliphatic rings. The van der Waals surface area contributed by atoms with Crippen molar-refractivity contribution < 1.29 is 9.31 Å². The highest BCUT2D eigenvalue weighted by molar-refractivity contribution is 5.62. The lowest BCUT2D eigenvalue weighted by molar-refractivity contribution is -0.384. The van der Waals surface area contributed by atoms with Gasteiger partial charge in [0.2, 0.25) is 0 Å². The van der Waals surface area contributed by atoms with Gasteiger partial charge in [0.25, 0.3) is 5.69 Å². The maximum absolute atomic E-state index is 12.8. The van der Waals surface area contributed by atoms with E-state index in [0.717, 1.165) is 0 Å². The van der Waals surface area contributed by atoms with Gasteiger partial charge in [-0.3, -0.25) is 10.1 Å². The highest BCUT2D eigenvalue weighted by atomic mass is 19.1. The number of halogens is 1. The number of aromatic nitrogens is 1. The van der Waals surface area contributed by atoms with Crippen molar-refractivity contribution in [1.82, 2.24) is 4.98 Å². The SMILES string of the molecule is CCNc1cc([N+](=O)[O-])cc(Nc2ccc(F)cc2)n1. The minimum absolute atomic E-state index is 0.0689. The van der Waals surface area contributed by atoms with Crippen LogP contribution in [-0.2, 0) is 0 Å². The Hall–Kier alpha value is -2.70. The molecule has 0 aliphatic carbocycles. The van der Waals surface area contributed by atoms with Gasteiger partial charge in [-0.15, -0.1) is 0 Å². The highest BCUT2D eigenvalue weighted by Gasteiger charge is 2.11. The average Bonchev–Trinajstić information content (AvgIpc) is 2.41. The summed E-state index contributed by atoms with van der Waals surface area (Å²) in [4.78, 5) is 14.6. The zero-order valence-corrected chi connectivity index (χ0v) is 10.8. The minimum atomic E-state index is -0.488.